The number of H-pyrrole nitrogens is 1. The molecular formula is C26H27NO5. The molecule has 0 bridgehead atoms. The molecule has 3 aromatic rings. The van der Waals surface area contributed by atoms with Gasteiger partial charge in [-0.1, -0.05) is 60.7 Å². The molecule has 0 atom stereocenters. The van der Waals surface area contributed by atoms with Gasteiger partial charge in [-0.25, -0.2) is 4.79 Å². The van der Waals surface area contributed by atoms with Gasteiger partial charge in [-0.15, -0.1) is 0 Å². The van der Waals surface area contributed by atoms with E-state index in [-0.39, 0.29) is 30.1 Å². The molecule has 0 aliphatic carbocycles. The zero-order valence-corrected chi connectivity index (χ0v) is 18.5. The zero-order valence-electron chi connectivity index (χ0n) is 18.5. The Labute approximate surface area is 187 Å². The molecular weight excluding hydrogens is 406 g/mol. The Bertz CT molecular complexity index is 1050. The molecule has 0 aliphatic rings. The van der Waals surface area contributed by atoms with Crippen molar-refractivity contribution in [2.75, 3.05) is 13.2 Å². The second-order valence-corrected chi connectivity index (χ2v) is 7.51. The van der Waals surface area contributed by atoms with Crippen LogP contribution in [0.2, 0.25) is 0 Å². The van der Waals surface area contributed by atoms with Crippen LogP contribution in [-0.4, -0.2) is 35.9 Å². The third-order valence-electron chi connectivity index (χ3n) is 5.27. The molecule has 0 saturated carbocycles. The van der Waals surface area contributed by atoms with Crippen molar-refractivity contribution >= 4 is 17.7 Å². The van der Waals surface area contributed by atoms with E-state index in [9.17, 15) is 14.4 Å². The normalized spacial score (nSPS) is 10.8. The molecule has 0 fully saturated rings. The lowest BCUT2D eigenvalue weighted by atomic mass is 9.88. The summed E-state index contributed by atoms with van der Waals surface area (Å²) in [5, 5.41) is 0. The predicted octanol–water partition coefficient (Wildman–Crippen LogP) is 4.76. The Morgan fingerprint density at radius 1 is 0.812 bits per heavy atom. The van der Waals surface area contributed by atoms with Crippen molar-refractivity contribution in [3.63, 3.8) is 0 Å². The molecule has 3 rings (SSSR count). The first-order chi connectivity index (χ1) is 15.4. The van der Waals surface area contributed by atoms with Crippen LogP contribution in [0.25, 0.3) is 0 Å². The van der Waals surface area contributed by atoms with Gasteiger partial charge in [0.1, 0.15) is 0 Å². The number of aryl methyl sites for hydroxylation is 2. The number of hydrogen-bond acceptors (Lipinski definition) is 5. The first kappa shape index (κ1) is 23.0. The molecule has 6 heteroatoms. The summed E-state index contributed by atoms with van der Waals surface area (Å²) in [5.41, 5.74) is 3.46. The Hall–Kier alpha value is -3.67. The average molecular weight is 434 g/mol. The van der Waals surface area contributed by atoms with Gasteiger partial charge >= 0.3 is 11.9 Å². The number of ether oxygens (including phenoxy) is 2. The molecule has 0 saturated heterocycles. The van der Waals surface area contributed by atoms with E-state index in [1.54, 1.807) is 20.8 Å². The van der Waals surface area contributed by atoms with Crippen molar-refractivity contribution in [3.8, 4) is 0 Å². The third kappa shape index (κ3) is 5.32. The van der Waals surface area contributed by atoms with Crippen LogP contribution in [0.3, 0.4) is 0 Å². The Kier molecular flexibility index (Phi) is 7.60. The predicted molar refractivity (Wildman–Crippen MR) is 121 cm³/mol. The van der Waals surface area contributed by atoms with Crippen molar-refractivity contribution in [2.45, 2.75) is 33.1 Å². The summed E-state index contributed by atoms with van der Waals surface area (Å²) in [6.07, 6.45) is 0.0944. The lowest BCUT2D eigenvalue weighted by Crippen LogP contribution is -2.19. The molecule has 0 unspecified atom stereocenters. The summed E-state index contributed by atoms with van der Waals surface area (Å²) in [4.78, 5) is 40.8. The fourth-order valence-electron chi connectivity index (χ4n) is 3.83. The van der Waals surface area contributed by atoms with Gasteiger partial charge in [0.15, 0.2) is 6.61 Å². The largest absolute Gasteiger partial charge is 0.462 e. The van der Waals surface area contributed by atoms with Crippen molar-refractivity contribution in [1.82, 2.24) is 4.98 Å². The van der Waals surface area contributed by atoms with Gasteiger partial charge in [-0.2, -0.15) is 0 Å². The molecule has 0 spiro atoms. The van der Waals surface area contributed by atoms with Crippen molar-refractivity contribution in [3.05, 3.63) is 94.3 Å². The monoisotopic (exact) mass is 433 g/mol. The third-order valence-corrected chi connectivity index (χ3v) is 5.27. The molecule has 1 aromatic heterocycles. The van der Waals surface area contributed by atoms with Crippen LogP contribution in [-0.2, 0) is 14.3 Å². The summed E-state index contributed by atoms with van der Waals surface area (Å²) in [6.45, 7) is 4.86. The smallest absolute Gasteiger partial charge is 0.340 e. The van der Waals surface area contributed by atoms with E-state index < -0.39 is 24.3 Å². The second kappa shape index (κ2) is 10.6. The standard InChI is InChI=1S/C26H27NO5/c1-4-31-26(30)25-18(3)27-17(2)24(25)22(28)16-32-23(29)15-21(19-11-7-5-8-12-19)20-13-9-6-10-14-20/h5-14,21,27H,4,15-16H2,1-3H3. The van der Waals surface area contributed by atoms with Crippen LogP contribution in [0.1, 0.15) is 62.5 Å². The lowest BCUT2D eigenvalue weighted by Gasteiger charge is -2.17. The lowest BCUT2D eigenvalue weighted by molar-refractivity contribution is -0.142. The van der Waals surface area contributed by atoms with E-state index in [1.165, 1.54) is 0 Å². The Morgan fingerprint density at radius 3 is 1.88 bits per heavy atom. The number of aromatic nitrogens is 1. The van der Waals surface area contributed by atoms with Crippen LogP contribution < -0.4 is 0 Å². The number of Topliss-reactive ketones (excluding diaryl/α,β-unsaturated/α-hetero) is 1. The van der Waals surface area contributed by atoms with Crippen LogP contribution in [0, 0.1) is 13.8 Å². The summed E-state index contributed by atoms with van der Waals surface area (Å²) in [7, 11) is 0. The average Bonchev–Trinajstić information content (AvgIpc) is 3.11. The summed E-state index contributed by atoms with van der Waals surface area (Å²) in [6, 6.07) is 19.4. The number of benzene rings is 2. The molecule has 2 aromatic carbocycles. The van der Waals surface area contributed by atoms with Crippen LogP contribution in [0.15, 0.2) is 60.7 Å². The maximum absolute atomic E-state index is 12.8. The van der Waals surface area contributed by atoms with Crippen molar-refractivity contribution in [2.24, 2.45) is 0 Å². The molecule has 0 aliphatic heterocycles. The maximum atomic E-state index is 12.8. The number of hydrogen-bond donors (Lipinski definition) is 1. The zero-order chi connectivity index (χ0) is 23.1. The second-order valence-electron chi connectivity index (χ2n) is 7.51. The van der Waals surface area contributed by atoms with E-state index in [4.69, 9.17) is 9.47 Å². The first-order valence-electron chi connectivity index (χ1n) is 10.6. The molecule has 166 valence electrons. The highest BCUT2D eigenvalue weighted by molar-refractivity contribution is 6.09. The van der Waals surface area contributed by atoms with Gasteiger partial charge in [-0.05, 0) is 31.9 Å². The van der Waals surface area contributed by atoms with Crippen molar-refractivity contribution < 1.29 is 23.9 Å². The maximum Gasteiger partial charge on any atom is 0.340 e. The molecule has 1 N–H and O–H groups in total. The van der Waals surface area contributed by atoms with Crippen LogP contribution in [0.4, 0.5) is 0 Å². The molecule has 0 amide bonds. The minimum absolute atomic E-state index is 0.0944. The quantitative estimate of drug-likeness (QED) is 0.389. The molecule has 1 heterocycles. The fourth-order valence-corrected chi connectivity index (χ4v) is 3.83. The summed E-state index contributed by atoms with van der Waals surface area (Å²) >= 11 is 0. The van der Waals surface area contributed by atoms with Gasteiger partial charge < -0.3 is 14.5 Å². The first-order valence-corrected chi connectivity index (χ1v) is 10.6. The number of carbonyl (C=O) groups is 3. The fraction of sp³-hybridized carbons (Fsp3) is 0.269. The minimum atomic E-state index is -0.572. The minimum Gasteiger partial charge on any atom is -0.462 e. The molecule has 0 radical (unpaired) electrons. The Balaban J connectivity index is 1.73. The van der Waals surface area contributed by atoms with Crippen molar-refractivity contribution in [1.29, 1.82) is 0 Å². The van der Waals surface area contributed by atoms with Crippen LogP contribution in [0.5, 0.6) is 0 Å². The van der Waals surface area contributed by atoms with Crippen LogP contribution >= 0.6 is 0 Å². The summed E-state index contributed by atoms with van der Waals surface area (Å²) in [5.74, 6) is -1.69. The van der Waals surface area contributed by atoms with E-state index in [0.29, 0.717) is 11.4 Å². The molecule has 6 nitrogen and oxygen atoms in total. The highest BCUT2D eigenvalue weighted by Crippen LogP contribution is 2.28. The topological polar surface area (TPSA) is 85.5 Å². The van der Waals surface area contributed by atoms with E-state index in [2.05, 4.69) is 4.98 Å². The van der Waals surface area contributed by atoms with Gasteiger partial charge in [0.05, 0.1) is 24.2 Å². The Morgan fingerprint density at radius 2 is 1.34 bits per heavy atom. The number of esters is 2. The van der Waals surface area contributed by atoms with E-state index in [1.807, 2.05) is 60.7 Å². The van der Waals surface area contributed by atoms with Gasteiger partial charge in [0, 0.05) is 17.3 Å². The number of aromatic amines is 1. The summed E-state index contributed by atoms with van der Waals surface area (Å²) < 4.78 is 10.4. The number of rotatable bonds is 9. The highest BCUT2D eigenvalue weighted by Gasteiger charge is 2.26. The molecule has 32 heavy (non-hydrogen) atoms. The number of nitrogens with one attached hydrogen (secondary N) is 1. The van der Waals surface area contributed by atoms with Gasteiger partial charge in [0.25, 0.3) is 0 Å². The van der Waals surface area contributed by atoms with E-state index in [0.717, 1.165) is 11.1 Å². The van der Waals surface area contributed by atoms with Gasteiger partial charge in [-0.3, -0.25) is 9.59 Å². The highest BCUT2D eigenvalue weighted by atomic mass is 16.5. The van der Waals surface area contributed by atoms with Gasteiger partial charge in [0.2, 0.25) is 5.78 Å². The number of ketones is 1. The van der Waals surface area contributed by atoms with E-state index >= 15 is 0 Å². The SMILES string of the molecule is CCOC(=O)c1c(C)[nH]c(C)c1C(=O)COC(=O)CC(c1ccccc1)c1ccccc1. The number of carbonyl (C=O) groups excluding carboxylic acids is 3.